The fourth-order valence-corrected chi connectivity index (χ4v) is 2.52. The molecule has 5 nitrogen and oxygen atoms in total. The van der Waals surface area contributed by atoms with Gasteiger partial charge in [-0.2, -0.15) is 0 Å². The summed E-state index contributed by atoms with van der Waals surface area (Å²) in [7, 11) is 4.82. The Hall–Kier alpha value is -2.17. The first-order chi connectivity index (χ1) is 10.6. The maximum absolute atomic E-state index is 5.41. The van der Waals surface area contributed by atoms with E-state index < -0.39 is 0 Å². The number of allylic oxidation sites excluding steroid dienone is 3. The Kier molecular flexibility index (Phi) is 5.31. The van der Waals surface area contributed by atoms with E-state index in [9.17, 15) is 0 Å². The van der Waals surface area contributed by atoms with Crippen molar-refractivity contribution in [1.29, 1.82) is 0 Å². The number of aromatic nitrogens is 2. The van der Waals surface area contributed by atoms with Gasteiger partial charge in [-0.3, -0.25) is 0 Å². The Morgan fingerprint density at radius 3 is 2.68 bits per heavy atom. The van der Waals surface area contributed by atoms with E-state index in [0.717, 1.165) is 17.9 Å². The van der Waals surface area contributed by atoms with E-state index in [0.29, 0.717) is 29.6 Å². The molecule has 1 aliphatic carbocycles. The molecule has 0 saturated carbocycles. The average Bonchev–Trinajstić information content (AvgIpc) is 2.95. The number of aromatic amines is 1. The number of hydrogen-bond acceptors (Lipinski definition) is 4. The second kappa shape index (κ2) is 7.20. The second-order valence-electron chi connectivity index (χ2n) is 5.29. The number of H-pyrrole nitrogens is 1. The number of methoxy groups -OCH3 is 3. The molecule has 1 atom stereocenters. The Labute approximate surface area is 131 Å². The van der Waals surface area contributed by atoms with Crippen LogP contribution in [-0.2, 0) is 20.6 Å². The van der Waals surface area contributed by atoms with E-state index in [1.165, 1.54) is 5.69 Å². The van der Waals surface area contributed by atoms with Gasteiger partial charge in [-0.15, -0.1) is 0 Å². The first kappa shape index (κ1) is 16.2. The number of ether oxygens (including phenoxy) is 3. The molecule has 5 heteroatoms. The van der Waals surface area contributed by atoms with Crippen LogP contribution in [0.2, 0.25) is 0 Å². The summed E-state index contributed by atoms with van der Waals surface area (Å²) in [6, 6.07) is 0. The first-order valence-corrected chi connectivity index (χ1v) is 7.39. The predicted molar refractivity (Wildman–Crippen MR) is 86.2 cm³/mol. The van der Waals surface area contributed by atoms with E-state index in [4.69, 9.17) is 14.2 Å². The van der Waals surface area contributed by atoms with Crippen LogP contribution < -0.4 is 0 Å². The van der Waals surface area contributed by atoms with Gasteiger partial charge < -0.3 is 19.2 Å². The van der Waals surface area contributed by atoms with Crippen molar-refractivity contribution in [3.8, 4) is 0 Å². The quantitative estimate of drug-likeness (QED) is 0.645. The number of nitrogens with one attached hydrogen (secondary N) is 1. The van der Waals surface area contributed by atoms with E-state index >= 15 is 0 Å². The van der Waals surface area contributed by atoms with Gasteiger partial charge in [0.25, 0.3) is 0 Å². The third kappa shape index (κ3) is 3.35. The molecule has 1 unspecified atom stereocenters. The molecule has 0 saturated heterocycles. The lowest BCUT2D eigenvalue weighted by molar-refractivity contribution is 0.185. The molecule has 120 valence electrons. The van der Waals surface area contributed by atoms with Gasteiger partial charge >= 0.3 is 0 Å². The van der Waals surface area contributed by atoms with Crippen molar-refractivity contribution in [2.24, 2.45) is 0 Å². The van der Waals surface area contributed by atoms with Gasteiger partial charge in [-0.05, 0) is 25.5 Å². The van der Waals surface area contributed by atoms with Crippen LogP contribution in [-0.4, -0.2) is 31.3 Å². The van der Waals surface area contributed by atoms with Gasteiger partial charge in [0.2, 0.25) is 0 Å². The van der Waals surface area contributed by atoms with Crippen LogP contribution in [0.1, 0.15) is 43.4 Å². The molecule has 1 heterocycles. The zero-order valence-corrected chi connectivity index (χ0v) is 13.9. The van der Waals surface area contributed by atoms with Crippen molar-refractivity contribution >= 4 is 6.08 Å². The van der Waals surface area contributed by atoms with Crippen LogP contribution in [0.25, 0.3) is 6.08 Å². The third-order valence-corrected chi connectivity index (χ3v) is 3.82. The zero-order valence-electron chi connectivity index (χ0n) is 13.9. The van der Waals surface area contributed by atoms with Crippen molar-refractivity contribution in [3.05, 3.63) is 46.6 Å². The fourth-order valence-electron chi connectivity index (χ4n) is 2.52. The summed E-state index contributed by atoms with van der Waals surface area (Å²) in [5, 5.41) is 0. The van der Waals surface area contributed by atoms with Gasteiger partial charge in [-0.1, -0.05) is 13.0 Å². The largest absolute Gasteiger partial charge is 0.497 e. The predicted octanol–water partition coefficient (Wildman–Crippen LogP) is 3.53. The van der Waals surface area contributed by atoms with E-state index in [1.54, 1.807) is 21.3 Å². The van der Waals surface area contributed by atoms with Gasteiger partial charge in [0.05, 0.1) is 27.0 Å². The molecule has 1 aliphatic rings. The molecule has 1 aromatic heterocycles. The Morgan fingerprint density at radius 1 is 1.32 bits per heavy atom. The molecule has 0 spiro atoms. The van der Waals surface area contributed by atoms with Crippen LogP contribution in [0, 0.1) is 0 Å². The maximum Gasteiger partial charge on any atom is 0.198 e. The number of fused-ring (bicyclic) bond motifs is 1. The Bertz CT molecular complexity index is 611. The lowest BCUT2D eigenvalue weighted by atomic mass is 9.97. The molecule has 0 bridgehead atoms. The van der Waals surface area contributed by atoms with Crippen molar-refractivity contribution in [3.63, 3.8) is 0 Å². The molecule has 0 aliphatic heterocycles. The fraction of sp³-hybridized carbons (Fsp3) is 0.471. The van der Waals surface area contributed by atoms with Crippen LogP contribution in [0.4, 0.5) is 0 Å². The van der Waals surface area contributed by atoms with Crippen molar-refractivity contribution in [2.75, 3.05) is 21.3 Å². The highest BCUT2D eigenvalue weighted by atomic mass is 16.5. The Morgan fingerprint density at radius 2 is 2.09 bits per heavy atom. The highest BCUT2D eigenvalue weighted by Crippen LogP contribution is 2.27. The number of nitrogens with zero attached hydrogens (tertiary/aromatic N) is 1. The first-order valence-electron chi connectivity index (χ1n) is 7.39. The summed E-state index contributed by atoms with van der Waals surface area (Å²) in [6.45, 7) is 4.04. The average molecular weight is 304 g/mol. The highest BCUT2D eigenvalue weighted by Gasteiger charge is 2.17. The summed E-state index contributed by atoms with van der Waals surface area (Å²) in [5.74, 6) is 3.31. The van der Waals surface area contributed by atoms with E-state index in [1.807, 2.05) is 13.0 Å². The van der Waals surface area contributed by atoms with Crippen LogP contribution in [0.5, 0.6) is 0 Å². The SMILES string of the molecule is CO/C(C)=C(OC)/C(=C\Cc1nc2c([nH]1)C(C)CC=C2)OC. The molecular formula is C17H24N2O3. The molecule has 0 amide bonds. The number of rotatable bonds is 6. The van der Waals surface area contributed by atoms with Crippen molar-refractivity contribution in [1.82, 2.24) is 9.97 Å². The van der Waals surface area contributed by atoms with Crippen molar-refractivity contribution < 1.29 is 14.2 Å². The minimum absolute atomic E-state index is 0.484. The smallest absolute Gasteiger partial charge is 0.198 e. The molecule has 22 heavy (non-hydrogen) atoms. The van der Waals surface area contributed by atoms with Gasteiger partial charge in [0, 0.05) is 18.0 Å². The standard InChI is InChI=1S/C17H24N2O3/c1-11-7-6-8-13-16(11)19-15(18-13)10-9-14(21-4)17(22-5)12(2)20-3/h6,8-9,11H,7,10H2,1-5H3,(H,18,19)/b14-9+,17-12-. The molecule has 1 N–H and O–H groups in total. The van der Waals surface area contributed by atoms with Gasteiger partial charge in [0.1, 0.15) is 11.6 Å². The number of imidazole rings is 1. The second-order valence-corrected chi connectivity index (χ2v) is 5.29. The summed E-state index contributed by atoms with van der Waals surface area (Å²) in [6.07, 6.45) is 7.88. The summed E-state index contributed by atoms with van der Waals surface area (Å²) in [4.78, 5) is 8.04. The summed E-state index contributed by atoms with van der Waals surface area (Å²) in [5.41, 5.74) is 2.25. The van der Waals surface area contributed by atoms with E-state index in [-0.39, 0.29) is 0 Å². The molecule has 1 aromatic rings. The minimum Gasteiger partial charge on any atom is -0.497 e. The summed E-state index contributed by atoms with van der Waals surface area (Å²) >= 11 is 0. The molecular weight excluding hydrogens is 280 g/mol. The lowest BCUT2D eigenvalue weighted by Crippen LogP contribution is -2.01. The highest BCUT2D eigenvalue weighted by molar-refractivity contribution is 5.52. The molecule has 0 aromatic carbocycles. The minimum atomic E-state index is 0.484. The Balaban J connectivity index is 2.21. The van der Waals surface area contributed by atoms with Crippen LogP contribution >= 0.6 is 0 Å². The van der Waals surface area contributed by atoms with Crippen LogP contribution in [0.15, 0.2) is 29.4 Å². The monoisotopic (exact) mass is 304 g/mol. The van der Waals surface area contributed by atoms with Crippen molar-refractivity contribution in [2.45, 2.75) is 32.6 Å². The topological polar surface area (TPSA) is 56.4 Å². The van der Waals surface area contributed by atoms with Crippen LogP contribution in [0.3, 0.4) is 0 Å². The molecule has 2 rings (SSSR count). The third-order valence-electron chi connectivity index (χ3n) is 3.82. The maximum atomic E-state index is 5.41. The van der Waals surface area contributed by atoms with Gasteiger partial charge in [0.15, 0.2) is 11.5 Å². The zero-order chi connectivity index (χ0) is 16.1. The number of hydrogen-bond donors (Lipinski definition) is 1. The molecule has 0 radical (unpaired) electrons. The lowest BCUT2D eigenvalue weighted by Gasteiger charge is -2.12. The van der Waals surface area contributed by atoms with Gasteiger partial charge in [-0.25, -0.2) is 4.98 Å². The normalized spacial score (nSPS) is 18.6. The van der Waals surface area contributed by atoms with E-state index in [2.05, 4.69) is 29.0 Å². The molecule has 0 fully saturated rings. The summed E-state index contributed by atoms with van der Waals surface area (Å²) < 4.78 is 16.0.